The summed E-state index contributed by atoms with van der Waals surface area (Å²) in [7, 11) is 5.30. The lowest BCUT2D eigenvalue weighted by Gasteiger charge is -2.69. The number of piperidine rings is 1. The Morgan fingerprint density at radius 2 is 1.50 bits per heavy atom. The van der Waals surface area contributed by atoms with Crippen molar-refractivity contribution in [2.75, 3.05) is 41.0 Å². The van der Waals surface area contributed by atoms with Crippen LogP contribution in [0.3, 0.4) is 0 Å². The van der Waals surface area contributed by atoms with Crippen molar-refractivity contribution >= 4 is 17.9 Å². The number of rotatable bonds is 22. The third kappa shape index (κ3) is 7.67. The lowest BCUT2D eigenvalue weighted by Crippen LogP contribution is -2.77. The van der Waals surface area contributed by atoms with E-state index in [4.69, 9.17) is 28.4 Å². The molecule has 6 rings (SSSR count). The Balaban J connectivity index is 1.23. The van der Waals surface area contributed by atoms with Gasteiger partial charge in [-0.2, -0.15) is 0 Å². The molecule has 6 aliphatic rings. The molecule has 1 saturated heterocycles. The van der Waals surface area contributed by atoms with Crippen molar-refractivity contribution in [3.8, 4) is 0 Å². The highest BCUT2D eigenvalue weighted by atomic mass is 16.6. The normalized spacial score (nSPS) is 39.3. The number of allylic oxidation sites excluding steroid dienone is 4. The quantitative estimate of drug-likeness (QED) is 0.0464. The van der Waals surface area contributed by atoms with E-state index < -0.39 is 17.1 Å². The van der Waals surface area contributed by atoms with Gasteiger partial charge in [-0.25, -0.2) is 0 Å². The summed E-state index contributed by atoms with van der Waals surface area (Å²) < 4.78 is 38.9. The van der Waals surface area contributed by atoms with Crippen LogP contribution in [0.25, 0.3) is 0 Å². The number of ether oxygens (including phenoxy) is 6. The van der Waals surface area contributed by atoms with Crippen molar-refractivity contribution in [2.45, 2.75) is 166 Å². The van der Waals surface area contributed by atoms with E-state index in [1.165, 1.54) is 39.5 Å². The van der Waals surface area contributed by atoms with Crippen molar-refractivity contribution in [2.24, 2.45) is 40.4 Å². The molecule has 5 saturated carbocycles. The Morgan fingerprint density at radius 1 is 0.804 bits per heavy atom. The van der Waals surface area contributed by atoms with Crippen molar-refractivity contribution in [3.63, 3.8) is 0 Å². The van der Waals surface area contributed by atoms with Crippen LogP contribution in [-0.4, -0.2) is 99.9 Å². The van der Waals surface area contributed by atoms with E-state index in [9.17, 15) is 14.4 Å². The van der Waals surface area contributed by atoms with Crippen molar-refractivity contribution in [1.29, 1.82) is 0 Å². The maximum absolute atomic E-state index is 14.3. The Kier molecular flexibility index (Phi) is 14.5. The highest BCUT2D eigenvalue weighted by Crippen LogP contribution is 2.80. The third-order valence-electron chi connectivity index (χ3n) is 15.3. The average molecular weight is 784 g/mol. The molecule has 0 aromatic carbocycles. The summed E-state index contributed by atoms with van der Waals surface area (Å²) in [5.74, 6) is -1.44. The molecule has 56 heavy (non-hydrogen) atoms. The molecular weight excluding hydrogens is 711 g/mol. The number of nitrogens with zero attached hydrogens (tertiary/aromatic N) is 1. The van der Waals surface area contributed by atoms with Crippen LogP contribution < -0.4 is 0 Å². The minimum absolute atomic E-state index is 0.00149. The zero-order valence-corrected chi connectivity index (χ0v) is 35.6. The number of hydrogen-bond donors (Lipinski definition) is 0. The zero-order valence-electron chi connectivity index (χ0n) is 35.6. The molecule has 0 amide bonds. The molecule has 6 fully saturated rings. The zero-order chi connectivity index (χ0) is 40.1. The van der Waals surface area contributed by atoms with Crippen LogP contribution in [0, 0.1) is 40.4 Å². The van der Waals surface area contributed by atoms with E-state index in [0.717, 1.165) is 77.3 Å². The van der Waals surface area contributed by atoms with Crippen LogP contribution >= 0.6 is 0 Å². The summed E-state index contributed by atoms with van der Waals surface area (Å²) in [5.41, 5.74) is -1.73. The van der Waals surface area contributed by atoms with E-state index in [1.54, 1.807) is 21.3 Å². The monoisotopic (exact) mass is 784 g/mol. The molecule has 7 bridgehead atoms. The van der Waals surface area contributed by atoms with Gasteiger partial charge >= 0.3 is 17.9 Å². The number of hydrogen-bond acceptors (Lipinski definition) is 10. The molecule has 1 heterocycles. The first-order valence-corrected chi connectivity index (χ1v) is 22.2. The third-order valence-corrected chi connectivity index (χ3v) is 15.3. The highest BCUT2D eigenvalue weighted by Gasteiger charge is 2.88. The molecule has 10 nitrogen and oxygen atoms in total. The Bertz CT molecular complexity index is 1420. The fourth-order valence-electron chi connectivity index (χ4n) is 13.8. The van der Waals surface area contributed by atoms with E-state index >= 15 is 0 Å². The molecule has 10 heteroatoms. The molecular formula is C46H73NO9. The average Bonchev–Trinajstić information content (AvgIpc) is 3.59. The molecule has 0 unspecified atom stereocenters. The van der Waals surface area contributed by atoms with Gasteiger partial charge in [-0.15, -0.1) is 0 Å². The number of likely N-dealkylation sites (tertiary alicyclic amines) is 1. The van der Waals surface area contributed by atoms with Crippen LogP contribution in [0.5, 0.6) is 0 Å². The largest absolute Gasteiger partial charge is 0.462 e. The number of unbranched alkanes of at least 4 members (excludes halogenated alkanes) is 8. The predicted molar refractivity (Wildman–Crippen MR) is 215 cm³/mol. The predicted octanol–water partition coefficient (Wildman–Crippen LogP) is 8.01. The minimum atomic E-state index is -0.988. The lowest BCUT2D eigenvalue weighted by atomic mass is 9.43. The van der Waals surface area contributed by atoms with Gasteiger partial charge < -0.3 is 28.4 Å². The van der Waals surface area contributed by atoms with Crippen LogP contribution in [0.4, 0.5) is 0 Å². The molecule has 316 valence electrons. The topological polar surface area (TPSA) is 110 Å². The maximum atomic E-state index is 14.3. The number of esters is 3. The molecule has 1 spiro atoms. The van der Waals surface area contributed by atoms with Gasteiger partial charge in [-0.3, -0.25) is 19.3 Å². The van der Waals surface area contributed by atoms with Crippen molar-refractivity contribution < 1.29 is 42.8 Å². The first-order chi connectivity index (χ1) is 27.1. The molecule has 1 aliphatic heterocycles. The van der Waals surface area contributed by atoms with Gasteiger partial charge in [0.05, 0.1) is 18.8 Å². The first kappa shape index (κ1) is 43.3. The smallest absolute Gasteiger partial charge is 0.306 e. The number of carbonyl (C=O) groups excluding carboxylic acids is 3. The number of methoxy groups -OCH3 is 3. The standard InChI is InChI=1S/C46H73NO9/c1-8-10-11-12-13-14-15-16-17-18-19-20-21-22-23-24-37(50)56-45-28-35(52-6)33-27-34(38(45)40(33)55-32(4)49)46-36(54-31(3)48)25-26-44(30-51-5)29-47(9-2)43(46)39(45)41(53-7)42(44)46/h13-14,16-17,33-36,38-43H,8-12,15,18-30H2,1-7H3/b14-13-,17-16-/t33-,34-,35+,36+,38-,39+,40+,41+,42-,43-,44+,45-,46+/m1/s1. The fourth-order valence-corrected chi connectivity index (χ4v) is 13.8. The van der Waals surface area contributed by atoms with E-state index in [-0.39, 0.29) is 77.3 Å². The summed E-state index contributed by atoms with van der Waals surface area (Å²) in [6.07, 6.45) is 23.2. The van der Waals surface area contributed by atoms with E-state index in [2.05, 4.69) is 43.1 Å². The van der Waals surface area contributed by atoms with E-state index in [0.29, 0.717) is 19.4 Å². The van der Waals surface area contributed by atoms with Gasteiger partial charge in [0, 0.05) is 95.1 Å². The molecule has 0 aromatic heterocycles. The summed E-state index contributed by atoms with van der Waals surface area (Å²) >= 11 is 0. The number of carbonyl (C=O) groups is 3. The second-order valence-electron chi connectivity index (χ2n) is 18.1. The fraction of sp³-hybridized carbons (Fsp3) is 0.848. The summed E-state index contributed by atoms with van der Waals surface area (Å²) in [5, 5.41) is 0. The first-order valence-electron chi connectivity index (χ1n) is 22.2. The van der Waals surface area contributed by atoms with Crippen LogP contribution in [-0.2, 0) is 42.8 Å². The van der Waals surface area contributed by atoms with Crippen LogP contribution in [0.1, 0.15) is 130 Å². The molecule has 5 aliphatic carbocycles. The van der Waals surface area contributed by atoms with Gasteiger partial charge in [-0.05, 0) is 70.3 Å². The van der Waals surface area contributed by atoms with Gasteiger partial charge in [0.15, 0.2) is 0 Å². The Labute approximate surface area is 337 Å². The SMILES string of the molecule is CCCCC/C=C\C/C=C\CCCCCCCC(=O)O[C@]12C[C@H](OC)[C@H]3C[C@H]([C@@H]1[C@H]3OC(C)=O)[C@@]13[C@@H](OC(C)=O)CC[C@@]4(COC)CN(CC)[C@@H]1[C@@H]2[C@H](OC)[C@H]43. The molecule has 0 aromatic rings. The van der Waals surface area contributed by atoms with Crippen molar-refractivity contribution in [3.05, 3.63) is 24.3 Å². The van der Waals surface area contributed by atoms with Gasteiger partial charge in [0.2, 0.25) is 0 Å². The highest BCUT2D eigenvalue weighted by molar-refractivity contribution is 5.70. The second-order valence-corrected chi connectivity index (χ2v) is 18.1. The second kappa shape index (κ2) is 18.8. The summed E-state index contributed by atoms with van der Waals surface area (Å²) in [4.78, 5) is 42.7. The summed E-state index contributed by atoms with van der Waals surface area (Å²) in [6.45, 7) is 9.63. The molecule has 0 N–H and O–H groups in total. The lowest BCUT2D eigenvalue weighted by molar-refractivity contribution is -0.281. The van der Waals surface area contributed by atoms with E-state index in [1.807, 2.05) is 0 Å². The molecule has 0 radical (unpaired) electrons. The van der Waals surface area contributed by atoms with Gasteiger partial charge in [-0.1, -0.05) is 70.3 Å². The minimum Gasteiger partial charge on any atom is -0.462 e. The Morgan fingerprint density at radius 3 is 2.14 bits per heavy atom. The van der Waals surface area contributed by atoms with Gasteiger partial charge in [0.1, 0.15) is 17.8 Å². The van der Waals surface area contributed by atoms with Crippen molar-refractivity contribution in [1.82, 2.24) is 4.90 Å². The Hall–Kier alpha value is -2.27. The summed E-state index contributed by atoms with van der Waals surface area (Å²) in [6, 6.07) is -0.0608. The van der Waals surface area contributed by atoms with Gasteiger partial charge in [0.25, 0.3) is 0 Å². The van der Waals surface area contributed by atoms with Crippen LogP contribution in [0.15, 0.2) is 24.3 Å². The maximum Gasteiger partial charge on any atom is 0.306 e. The van der Waals surface area contributed by atoms with Crippen LogP contribution in [0.2, 0.25) is 0 Å². The molecule has 13 atom stereocenters. The number of fused-ring (bicyclic) bond motifs is 2.